The lowest BCUT2D eigenvalue weighted by atomic mass is 10.1. The van der Waals surface area contributed by atoms with Crippen molar-refractivity contribution in [2.24, 2.45) is 5.92 Å². The second kappa shape index (κ2) is 8.14. The van der Waals surface area contributed by atoms with E-state index in [4.69, 9.17) is 0 Å². The SMILES string of the molecule is CC(CNC(=O)NC1CCN(c2nccs2)CC1)Cn1cccn1. The van der Waals surface area contributed by atoms with Crippen LogP contribution >= 0.6 is 11.3 Å². The Labute approximate surface area is 146 Å². The Morgan fingerprint density at radius 1 is 1.42 bits per heavy atom. The maximum absolute atomic E-state index is 12.1. The normalized spacial score (nSPS) is 16.8. The molecule has 24 heavy (non-hydrogen) atoms. The summed E-state index contributed by atoms with van der Waals surface area (Å²) in [6.07, 6.45) is 7.45. The summed E-state index contributed by atoms with van der Waals surface area (Å²) in [6.45, 7) is 5.43. The van der Waals surface area contributed by atoms with Crippen LogP contribution in [0.5, 0.6) is 0 Å². The molecule has 1 fully saturated rings. The van der Waals surface area contributed by atoms with E-state index in [2.05, 4.69) is 32.5 Å². The Morgan fingerprint density at radius 2 is 2.25 bits per heavy atom. The highest BCUT2D eigenvalue weighted by molar-refractivity contribution is 7.13. The number of thiazole rings is 1. The summed E-state index contributed by atoms with van der Waals surface area (Å²) in [6, 6.07) is 2.07. The summed E-state index contributed by atoms with van der Waals surface area (Å²) in [5.74, 6) is 0.336. The van der Waals surface area contributed by atoms with Crippen LogP contribution < -0.4 is 15.5 Å². The molecule has 0 saturated carbocycles. The summed E-state index contributed by atoms with van der Waals surface area (Å²) in [5, 5.41) is 13.3. The van der Waals surface area contributed by atoms with Crippen molar-refractivity contribution in [3.05, 3.63) is 30.0 Å². The van der Waals surface area contributed by atoms with Gasteiger partial charge in [0.25, 0.3) is 0 Å². The van der Waals surface area contributed by atoms with E-state index in [0.717, 1.165) is 37.6 Å². The molecule has 130 valence electrons. The highest BCUT2D eigenvalue weighted by atomic mass is 32.1. The number of rotatable bonds is 6. The van der Waals surface area contributed by atoms with Gasteiger partial charge in [-0.15, -0.1) is 11.3 Å². The molecule has 1 unspecified atom stereocenters. The van der Waals surface area contributed by atoms with Crippen molar-refractivity contribution in [3.63, 3.8) is 0 Å². The standard InChI is InChI=1S/C16H24N6OS/c1-13(12-22-7-2-5-19-22)11-18-15(23)20-14-3-8-21(9-4-14)16-17-6-10-24-16/h2,5-7,10,13-14H,3-4,8-9,11-12H2,1H3,(H2,18,20,23). The lowest BCUT2D eigenvalue weighted by molar-refractivity contribution is 0.232. The molecule has 2 amide bonds. The van der Waals surface area contributed by atoms with E-state index in [0.29, 0.717) is 12.5 Å². The number of carbonyl (C=O) groups is 1. The molecule has 1 aliphatic heterocycles. The molecule has 0 aromatic carbocycles. The monoisotopic (exact) mass is 348 g/mol. The molecule has 8 heteroatoms. The number of carbonyl (C=O) groups excluding carboxylic acids is 1. The summed E-state index contributed by atoms with van der Waals surface area (Å²) >= 11 is 1.67. The molecular formula is C16H24N6OS. The molecule has 2 N–H and O–H groups in total. The van der Waals surface area contributed by atoms with Crippen molar-refractivity contribution in [2.45, 2.75) is 32.4 Å². The van der Waals surface area contributed by atoms with Gasteiger partial charge < -0.3 is 15.5 Å². The number of hydrogen-bond donors (Lipinski definition) is 2. The van der Waals surface area contributed by atoms with Gasteiger partial charge in [0.1, 0.15) is 0 Å². The van der Waals surface area contributed by atoms with Crippen LogP contribution in [0.1, 0.15) is 19.8 Å². The quantitative estimate of drug-likeness (QED) is 0.837. The number of amides is 2. The van der Waals surface area contributed by atoms with E-state index in [1.54, 1.807) is 17.5 Å². The van der Waals surface area contributed by atoms with Crippen molar-refractivity contribution < 1.29 is 4.79 Å². The first kappa shape index (κ1) is 16.8. The Bertz CT molecular complexity index is 607. The van der Waals surface area contributed by atoms with Gasteiger partial charge in [0.15, 0.2) is 5.13 Å². The second-order valence-electron chi connectivity index (χ2n) is 6.26. The van der Waals surface area contributed by atoms with Gasteiger partial charge in [-0.25, -0.2) is 9.78 Å². The first-order valence-corrected chi connectivity index (χ1v) is 9.25. The third kappa shape index (κ3) is 4.70. The van der Waals surface area contributed by atoms with Gasteiger partial charge in [-0.2, -0.15) is 5.10 Å². The number of hydrogen-bond acceptors (Lipinski definition) is 5. The van der Waals surface area contributed by atoms with E-state index >= 15 is 0 Å². The zero-order valence-electron chi connectivity index (χ0n) is 13.9. The molecule has 0 aliphatic carbocycles. The Balaban J connectivity index is 1.34. The molecular weight excluding hydrogens is 324 g/mol. The van der Waals surface area contributed by atoms with Crippen LogP contribution in [0.25, 0.3) is 0 Å². The molecule has 2 aromatic heterocycles. The molecule has 0 radical (unpaired) electrons. The van der Waals surface area contributed by atoms with Gasteiger partial charge in [0.05, 0.1) is 0 Å². The lowest BCUT2D eigenvalue weighted by Crippen LogP contribution is -2.48. The predicted octanol–water partition coefficient (Wildman–Crippen LogP) is 1.94. The minimum absolute atomic E-state index is 0.0741. The van der Waals surface area contributed by atoms with E-state index in [-0.39, 0.29) is 12.1 Å². The molecule has 7 nitrogen and oxygen atoms in total. The fourth-order valence-corrected chi connectivity index (χ4v) is 3.58. The third-order valence-electron chi connectivity index (χ3n) is 4.19. The van der Waals surface area contributed by atoms with Crippen molar-refractivity contribution >= 4 is 22.5 Å². The molecule has 3 heterocycles. The molecule has 1 saturated heterocycles. The van der Waals surface area contributed by atoms with Crippen molar-refractivity contribution in [1.82, 2.24) is 25.4 Å². The van der Waals surface area contributed by atoms with Crippen molar-refractivity contribution in [2.75, 3.05) is 24.5 Å². The van der Waals surface area contributed by atoms with Crippen LogP contribution in [-0.4, -0.2) is 46.5 Å². The molecule has 3 rings (SSSR count). The van der Waals surface area contributed by atoms with E-state index in [1.807, 2.05) is 28.5 Å². The largest absolute Gasteiger partial charge is 0.348 e. The maximum Gasteiger partial charge on any atom is 0.315 e. The van der Waals surface area contributed by atoms with Crippen LogP contribution in [0.15, 0.2) is 30.0 Å². The lowest BCUT2D eigenvalue weighted by Gasteiger charge is -2.32. The van der Waals surface area contributed by atoms with Gasteiger partial charge in [-0.05, 0) is 24.8 Å². The summed E-state index contributed by atoms with van der Waals surface area (Å²) in [4.78, 5) is 18.7. The number of aromatic nitrogens is 3. The fraction of sp³-hybridized carbons (Fsp3) is 0.562. The average molecular weight is 348 g/mol. The second-order valence-corrected chi connectivity index (χ2v) is 7.14. The summed E-state index contributed by atoms with van der Waals surface area (Å²) < 4.78 is 1.89. The smallest absolute Gasteiger partial charge is 0.315 e. The molecule has 0 bridgehead atoms. The molecule has 2 aromatic rings. The van der Waals surface area contributed by atoms with Crippen LogP contribution in [0.2, 0.25) is 0 Å². The highest BCUT2D eigenvalue weighted by Gasteiger charge is 2.22. The van der Waals surface area contributed by atoms with Crippen molar-refractivity contribution in [3.8, 4) is 0 Å². The van der Waals surface area contributed by atoms with E-state index < -0.39 is 0 Å². The first-order valence-electron chi connectivity index (χ1n) is 8.37. The van der Waals surface area contributed by atoms with Gasteiger partial charge >= 0.3 is 6.03 Å². The number of urea groups is 1. The summed E-state index contributed by atoms with van der Waals surface area (Å²) in [7, 11) is 0. The number of nitrogens with one attached hydrogen (secondary N) is 2. The van der Waals surface area contributed by atoms with Crippen LogP contribution in [0.4, 0.5) is 9.93 Å². The van der Waals surface area contributed by atoms with Crippen LogP contribution in [-0.2, 0) is 6.54 Å². The van der Waals surface area contributed by atoms with Gasteiger partial charge in [-0.3, -0.25) is 4.68 Å². The highest BCUT2D eigenvalue weighted by Crippen LogP contribution is 2.21. The number of nitrogens with zero attached hydrogens (tertiary/aromatic N) is 4. The van der Waals surface area contributed by atoms with Gasteiger partial charge in [0, 0.05) is 56.2 Å². The van der Waals surface area contributed by atoms with Crippen molar-refractivity contribution in [1.29, 1.82) is 0 Å². The zero-order valence-corrected chi connectivity index (χ0v) is 14.7. The molecule has 1 aliphatic rings. The zero-order chi connectivity index (χ0) is 16.8. The summed E-state index contributed by atoms with van der Waals surface area (Å²) in [5.41, 5.74) is 0. The van der Waals surface area contributed by atoms with Crippen LogP contribution in [0.3, 0.4) is 0 Å². The average Bonchev–Trinajstić information content (AvgIpc) is 3.27. The molecule has 0 spiro atoms. The number of piperidine rings is 1. The minimum atomic E-state index is -0.0741. The van der Waals surface area contributed by atoms with Gasteiger partial charge in [0.2, 0.25) is 0 Å². The van der Waals surface area contributed by atoms with E-state index in [9.17, 15) is 4.79 Å². The Kier molecular flexibility index (Phi) is 5.68. The Hall–Kier alpha value is -2.09. The van der Waals surface area contributed by atoms with Gasteiger partial charge in [-0.1, -0.05) is 6.92 Å². The molecule has 1 atom stereocenters. The third-order valence-corrected chi connectivity index (χ3v) is 5.02. The fourth-order valence-electron chi connectivity index (χ4n) is 2.88. The number of anilines is 1. The topological polar surface area (TPSA) is 75.1 Å². The van der Waals surface area contributed by atoms with Crippen LogP contribution in [0, 0.1) is 5.92 Å². The minimum Gasteiger partial charge on any atom is -0.348 e. The Morgan fingerprint density at radius 3 is 2.92 bits per heavy atom. The predicted molar refractivity (Wildman–Crippen MR) is 95.3 cm³/mol. The first-order chi connectivity index (χ1) is 11.7. The van der Waals surface area contributed by atoms with E-state index in [1.165, 1.54) is 0 Å². The maximum atomic E-state index is 12.1.